The van der Waals surface area contributed by atoms with Crippen molar-refractivity contribution in [2.75, 3.05) is 14.2 Å². The predicted molar refractivity (Wildman–Crippen MR) is 213 cm³/mol. The predicted octanol–water partition coefficient (Wildman–Crippen LogP) is 6.11. The first-order valence-electron chi connectivity index (χ1n) is 19.1. The van der Waals surface area contributed by atoms with Gasteiger partial charge in [0.2, 0.25) is 17.7 Å². The third kappa shape index (κ3) is 9.96. The molecule has 0 radical (unpaired) electrons. The average Bonchev–Trinajstić information content (AvgIpc) is 3.16. The summed E-state index contributed by atoms with van der Waals surface area (Å²) in [5, 5.41) is 6.21. The van der Waals surface area contributed by atoms with Crippen LogP contribution in [0.25, 0.3) is 0 Å². The number of rotatable bonds is 7. The third-order valence-electron chi connectivity index (χ3n) is 10.3. The molecule has 0 aromatic heterocycles. The van der Waals surface area contributed by atoms with Gasteiger partial charge in [0.1, 0.15) is 23.7 Å². The highest BCUT2D eigenvalue weighted by atomic mass is 16.6. The van der Waals surface area contributed by atoms with Crippen molar-refractivity contribution in [2.24, 2.45) is 5.41 Å². The fourth-order valence-electron chi connectivity index (χ4n) is 7.00. The number of aryl methyl sites for hydroxylation is 1. The van der Waals surface area contributed by atoms with Crippen LogP contribution in [0.15, 0.2) is 66.7 Å². The Morgan fingerprint density at radius 1 is 0.875 bits per heavy atom. The molecule has 0 spiro atoms. The molecule has 3 aromatic rings. The van der Waals surface area contributed by atoms with E-state index in [1.54, 1.807) is 56.9 Å². The van der Waals surface area contributed by atoms with Crippen LogP contribution >= 0.6 is 0 Å². The van der Waals surface area contributed by atoms with E-state index in [1.807, 2.05) is 51.1 Å². The van der Waals surface area contributed by atoms with Crippen molar-refractivity contribution >= 4 is 29.8 Å². The number of amides is 4. The molecule has 11 nitrogen and oxygen atoms in total. The minimum Gasteiger partial charge on any atom is -0.465 e. The van der Waals surface area contributed by atoms with E-state index in [2.05, 4.69) is 34.6 Å². The van der Waals surface area contributed by atoms with Crippen LogP contribution in [0.5, 0.6) is 0 Å². The van der Waals surface area contributed by atoms with E-state index in [0.717, 1.165) is 41.5 Å². The van der Waals surface area contributed by atoms with Gasteiger partial charge in [0, 0.05) is 31.1 Å². The number of nitrogens with zero attached hydrogens (tertiary/aromatic N) is 2. The molecule has 296 valence electrons. The Kier molecular flexibility index (Phi) is 12.6. The Morgan fingerprint density at radius 2 is 1.54 bits per heavy atom. The Bertz CT molecular complexity index is 2030. The molecule has 11 heteroatoms. The van der Waals surface area contributed by atoms with E-state index >= 15 is 0 Å². The molecule has 56 heavy (non-hydrogen) atoms. The highest BCUT2D eigenvalue weighted by Gasteiger charge is 2.43. The monoisotopic (exact) mass is 762 g/mol. The largest absolute Gasteiger partial charge is 0.465 e. The Morgan fingerprint density at radius 3 is 2.20 bits per heavy atom. The number of carbonyl (C=O) groups is 5. The first kappa shape index (κ1) is 41.5. The van der Waals surface area contributed by atoms with Crippen LogP contribution in [0.1, 0.15) is 111 Å². The molecule has 0 saturated carbocycles. The fraction of sp³-hybridized carbons (Fsp3) is 0.444. The first-order chi connectivity index (χ1) is 26.4. The summed E-state index contributed by atoms with van der Waals surface area (Å²) >= 11 is 0. The van der Waals surface area contributed by atoms with Gasteiger partial charge in [0.15, 0.2) is 0 Å². The molecule has 1 heterocycles. The second-order valence-corrected chi connectivity index (χ2v) is 16.7. The van der Waals surface area contributed by atoms with Gasteiger partial charge in [-0.1, -0.05) is 62.9 Å². The lowest BCUT2D eigenvalue weighted by Gasteiger charge is -2.42. The van der Waals surface area contributed by atoms with E-state index in [1.165, 1.54) is 24.6 Å². The van der Waals surface area contributed by atoms with Gasteiger partial charge in [-0.15, -0.1) is 0 Å². The lowest BCUT2D eigenvalue weighted by atomic mass is 9.83. The van der Waals surface area contributed by atoms with Gasteiger partial charge in [0.05, 0.1) is 18.7 Å². The first-order valence-corrected chi connectivity index (χ1v) is 19.1. The summed E-state index contributed by atoms with van der Waals surface area (Å²) in [7, 11) is 2.81. The number of likely N-dealkylation sites (N-methyl/N-ethyl adjacent to an activating group) is 1. The van der Waals surface area contributed by atoms with Crippen LogP contribution in [0.4, 0.5) is 4.79 Å². The summed E-state index contributed by atoms with van der Waals surface area (Å²) in [5.41, 5.74) is 4.40. The molecule has 1 unspecified atom stereocenters. The van der Waals surface area contributed by atoms with Gasteiger partial charge >= 0.3 is 12.1 Å². The van der Waals surface area contributed by atoms with Crippen LogP contribution in [-0.2, 0) is 43.2 Å². The Hall–Kier alpha value is -5.63. The zero-order valence-electron chi connectivity index (χ0n) is 33.9. The molecule has 0 bridgehead atoms. The van der Waals surface area contributed by atoms with Crippen LogP contribution in [0.3, 0.4) is 0 Å². The van der Waals surface area contributed by atoms with Crippen molar-refractivity contribution in [1.82, 2.24) is 20.4 Å². The quantitative estimate of drug-likeness (QED) is 0.219. The Labute approximate surface area is 330 Å². The number of carbonyl (C=O) groups excluding carboxylic acids is 5. The summed E-state index contributed by atoms with van der Waals surface area (Å²) in [5.74, 6) is 4.70. The van der Waals surface area contributed by atoms with Crippen molar-refractivity contribution in [3.8, 4) is 11.8 Å². The van der Waals surface area contributed by atoms with Crippen molar-refractivity contribution < 1.29 is 33.4 Å². The summed E-state index contributed by atoms with van der Waals surface area (Å²) in [4.78, 5) is 70.5. The Balaban J connectivity index is 1.45. The lowest BCUT2D eigenvalue weighted by molar-refractivity contribution is -0.147. The minimum atomic E-state index is -1.03. The molecular weight excluding hydrogens is 709 g/mol. The maximum absolute atomic E-state index is 14.9. The normalized spacial score (nSPS) is 17.4. The van der Waals surface area contributed by atoms with Gasteiger partial charge in [0.25, 0.3) is 0 Å². The van der Waals surface area contributed by atoms with Crippen LogP contribution in [0, 0.1) is 17.3 Å². The SMILES string of the molecule is COC(=O)c1ccc(C#Cc2ccc3c(c2)CN(C(=O)[C@@H](NC(=O)[C@H](C)N(C)C(=O)OC(C)(C)C)C(C)(C)C)[C@H](C(=O)NC2CCCc4ccccc42)C3)cc1. The van der Waals surface area contributed by atoms with Crippen molar-refractivity contribution in [3.05, 3.63) is 106 Å². The molecule has 2 aliphatic rings. The summed E-state index contributed by atoms with van der Waals surface area (Å²) in [6.07, 6.45) is 2.28. The molecule has 4 atom stereocenters. The molecule has 0 fully saturated rings. The number of nitrogens with one attached hydrogen (secondary N) is 2. The highest BCUT2D eigenvalue weighted by molar-refractivity contribution is 5.95. The van der Waals surface area contributed by atoms with E-state index < -0.39 is 53.0 Å². The van der Waals surface area contributed by atoms with Gasteiger partial charge in [-0.25, -0.2) is 9.59 Å². The zero-order chi connectivity index (χ0) is 40.9. The van der Waals surface area contributed by atoms with E-state index in [9.17, 15) is 24.0 Å². The van der Waals surface area contributed by atoms with Gasteiger partial charge in [-0.05, 0) is 111 Å². The molecule has 1 aliphatic carbocycles. The summed E-state index contributed by atoms with van der Waals surface area (Å²) < 4.78 is 10.3. The number of fused-ring (bicyclic) bond motifs is 2. The number of hydrogen-bond donors (Lipinski definition) is 2. The van der Waals surface area contributed by atoms with Gasteiger partial charge < -0.3 is 25.0 Å². The average molecular weight is 763 g/mol. The second kappa shape index (κ2) is 17.0. The summed E-state index contributed by atoms with van der Waals surface area (Å²) in [6.45, 7) is 12.5. The number of hydrogen-bond acceptors (Lipinski definition) is 7. The fourth-order valence-corrected chi connectivity index (χ4v) is 7.00. The molecule has 3 aromatic carbocycles. The van der Waals surface area contributed by atoms with Crippen LogP contribution in [-0.4, -0.2) is 77.5 Å². The van der Waals surface area contributed by atoms with Crippen molar-refractivity contribution in [2.45, 2.75) is 110 Å². The third-order valence-corrected chi connectivity index (χ3v) is 10.3. The number of benzene rings is 3. The van der Waals surface area contributed by atoms with E-state index in [-0.39, 0.29) is 24.9 Å². The minimum absolute atomic E-state index is 0.118. The maximum atomic E-state index is 14.9. The van der Waals surface area contributed by atoms with Crippen molar-refractivity contribution in [3.63, 3.8) is 0 Å². The molecule has 0 saturated heterocycles. The zero-order valence-corrected chi connectivity index (χ0v) is 33.9. The second-order valence-electron chi connectivity index (χ2n) is 16.7. The standard InChI is InChI=1S/C45H54N4O7/c1-28(48(8)43(54)56-45(5,6)7)39(50)47-38(44(2,3)4)41(52)49-27-34-25-30(18-17-29-19-22-32(23-20-29)42(53)55-9)21-24-33(34)26-37(49)40(51)46-36-16-12-14-31-13-10-11-15-35(31)36/h10-11,13,15,19-25,28,36-38H,12,14,16,26-27H2,1-9H3,(H,46,51)(H,47,50)/t28-,36?,37-,38+/m0/s1. The van der Waals surface area contributed by atoms with Gasteiger partial charge in [-0.2, -0.15) is 0 Å². The van der Waals surface area contributed by atoms with E-state index in [4.69, 9.17) is 9.47 Å². The smallest absolute Gasteiger partial charge is 0.410 e. The maximum Gasteiger partial charge on any atom is 0.410 e. The molecular formula is C45H54N4O7. The molecule has 1 aliphatic heterocycles. The summed E-state index contributed by atoms with van der Waals surface area (Å²) in [6, 6.07) is 17.7. The number of esters is 1. The molecule has 2 N–H and O–H groups in total. The van der Waals surface area contributed by atoms with E-state index in [0.29, 0.717) is 11.1 Å². The van der Waals surface area contributed by atoms with Crippen molar-refractivity contribution in [1.29, 1.82) is 0 Å². The highest BCUT2D eigenvalue weighted by Crippen LogP contribution is 2.32. The van der Waals surface area contributed by atoms with Crippen LogP contribution in [0.2, 0.25) is 0 Å². The molecule has 5 rings (SSSR count). The lowest BCUT2D eigenvalue weighted by Crippen LogP contribution is -2.62. The topological polar surface area (TPSA) is 134 Å². The number of methoxy groups -OCH3 is 1. The molecule has 4 amide bonds. The number of ether oxygens (including phenoxy) is 2. The van der Waals surface area contributed by atoms with Crippen LogP contribution < -0.4 is 10.6 Å². The van der Waals surface area contributed by atoms with Gasteiger partial charge in [-0.3, -0.25) is 19.3 Å².